The second-order valence-corrected chi connectivity index (χ2v) is 10.5. The van der Waals surface area contributed by atoms with Crippen molar-refractivity contribution < 1.29 is 73.4 Å². The second-order valence-electron chi connectivity index (χ2n) is 9.64. The number of hydrogen-bond acceptors (Lipinski definition) is 7. The molecular weight excluding hydrogens is 451 g/mol. The fourth-order valence-electron chi connectivity index (χ4n) is 6.92. The van der Waals surface area contributed by atoms with E-state index in [9.17, 15) is 24.9 Å². The van der Waals surface area contributed by atoms with Crippen LogP contribution in [0.2, 0.25) is 0 Å². The molecule has 32 heavy (non-hydrogen) atoms. The first-order chi connectivity index (χ1) is 14.2. The van der Waals surface area contributed by atoms with Gasteiger partial charge in [-0.3, -0.25) is 18.7 Å². The van der Waals surface area contributed by atoms with Crippen molar-refractivity contribution in [1.29, 1.82) is 0 Å². The van der Waals surface area contributed by atoms with Crippen LogP contribution in [-0.4, -0.2) is 62.7 Å². The molecule has 176 valence electrons. The van der Waals surface area contributed by atoms with Crippen LogP contribution in [0.25, 0.3) is 0 Å². The van der Waals surface area contributed by atoms with Crippen LogP contribution in [0.1, 0.15) is 47.4 Å². The Morgan fingerprint density at radius 3 is 2.41 bits per heavy atom. The van der Waals surface area contributed by atoms with Crippen molar-refractivity contribution in [3.8, 4) is 0 Å². The van der Waals surface area contributed by atoms with E-state index in [1.54, 1.807) is 12.2 Å². The maximum absolute atomic E-state index is 12.4. The molecule has 0 aliphatic heterocycles. The molecule has 0 aromatic rings. The van der Waals surface area contributed by atoms with E-state index in [2.05, 4.69) is 6.92 Å². The first-order valence-corrected chi connectivity index (χ1v) is 11.8. The van der Waals surface area contributed by atoms with Crippen LogP contribution in [0.3, 0.4) is 0 Å². The van der Waals surface area contributed by atoms with Gasteiger partial charge in [0, 0.05) is 16.7 Å². The Balaban J connectivity index is 0.000000707. The molecule has 11 heteroatoms. The fraction of sp³-hybridized carbons (Fsp3) is 0.714. The zero-order valence-corrected chi connectivity index (χ0v) is 21.4. The van der Waals surface area contributed by atoms with E-state index in [0.29, 0.717) is 12.8 Å². The molecule has 4 aliphatic rings. The molecule has 0 bridgehead atoms. The van der Waals surface area contributed by atoms with Gasteiger partial charge in [-0.15, -0.1) is 0 Å². The summed E-state index contributed by atoms with van der Waals surface area (Å²) in [7, 11) is -4.67. The standard InChI is InChI=1S/C21H28O5.Na.H2O4S.H/c1-19-7-5-13(23)9-12(19)3-4-14-15-6-8-21(26,17(25)11-22)20(15,2)10-16(24)18(14)19;;1-5(2,3)4;/h5,7,9,14-16,18,22,24,26H,3-4,6,8,10-11H2,1-2H3;;(H2,1,2,3,4);/q;+1;;-1/t14-,15-,16-,18+,19-,20-,21-;;;/m0.../s1. The fourth-order valence-corrected chi connectivity index (χ4v) is 6.92. The van der Waals surface area contributed by atoms with E-state index < -0.39 is 39.9 Å². The van der Waals surface area contributed by atoms with Gasteiger partial charge >= 0.3 is 40.0 Å². The third-order valence-electron chi connectivity index (χ3n) is 8.25. The summed E-state index contributed by atoms with van der Waals surface area (Å²) in [6.45, 7) is 3.34. The molecule has 3 fully saturated rings. The topological polar surface area (TPSA) is 169 Å². The van der Waals surface area contributed by atoms with Gasteiger partial charge in [0.2, 0.25) is 0 Å². The van der Waals surface area contributed by atoms with E-state index in [-0.39, 0.29) is 59.9 Å². The monoisotopic (exact) mass is 482 g/mol. The van der Waals surface area contributed by atoms with Gasteiger partial charge in [0.25, 0.3) is 0 Å². The average molecular weight is 483 g/mol. The van der Waals surface area contributed by atoms with E-state index >= 15 is 0 Å². The second kappa shape index (κ2) is 9.31. The largest absolute Gasteiger partial charge is 1.00 e. The van der Waals surface area contributed by atoms with Gasteiger partial charge in [-0.05, 0) is 56.1 Å². The van der Waals surface area contributed by atoms with E-state index in [1.807, 2.05) is 13.0 Å². The number of aliphatic hydroxyl groups is 3. The average Bonchev–Trinajstić information content (AvgIpc) is 2.91. The quantitative estimate of drug-likeness (QED) is 0.221. The number of Topliss-reactive ketones (excluding diaryl/α,β-unsaturated/α-hetero) is 1. The Labute approximate surface area is 211 Å². The number of allylic oxidation sites excluding steroid dienone is 4. The minimum absolute atomic E-state index is 0. The minimum Gasteiger partial charge on any atom is -1.00 e. The van der Waals surface area contributed by atoms with E-state index in [4.69, 9.17) is 17.5 Å². The molecule has 0 radical (unpaired) electrons. The smallest absolute Gasteiger partial charge is 1.00 e. The number of fused-ring (bicyclic) bond motifs is 5. The molecule has 0 saturated heterocycles. The Morgan fingerprint density at radius 1 is 1.25 bits per heavy atom. The SMILES string of the molecule is C[C@]12C=CC(=O)C=C1CC[C@@H]1[C@@H]2[C@@H](O)C[C@@]2(C)[C@H]1CC[C@]2(O)C(=O)CO.O=S(=O)(O)O.[H-].[Na+]. The summed E-state index contributed by atoms with van der Waals surface area (Å²) in [4.78, 5) is 24.2. The number of carbonyl (C=O) groups is 2. The van der Waals surface area contributed by atoms with Crippen molar-refractivity contribution in [3.05, 3.63) is 23.8 Å². The molecule has 3 saturated carbocycles. The molecule has 0 unspecified atom stereocenters. The van der Waals surface area contributed by atoms with Crippen LogP contribution in [0, 0.1) is 28.6 Å². The van der Waals surface area contributed by atoms with Crippen LogP contribution >= 0.6 is 0 Å². The zero-order valence-electron chi connectivity index (χ0n) is 19.6. The normalized spacial score (nSPS) is 42.3. The molecular formula is C21H31NaO9S. The number of aliphatic hydroxyl groups excluding tert-OH is 2. The number of carbonyl (C=O) groups excluding carboxylic acids is 2. The van der Waals surface area contributed by atoms with Crippen molar-refractivity contribution in [2.24, 2.45) is 28.6 Å². The molecule has 0 aromatic heterocycles. The Bertz CT molecular complexity index is 943. The molecule has 5 N–H and O–H groups in total. The van der Waals surface area contributed by atoms with Gasteiger partial charge in [-0.2, -0.15) is 8.42 Å². The third-order valence-corrected chi connectivity index (χ3v) is 8.25. The predicted octanol–water partition coefficient (Wildman–Crippen LogP) is -1.98. The molecule has 0 amide bonds. The first kappa shape index (κ1) is 27.8. The Morgan fingerprint density at radius 2 is 1.84 bits per heavy atom. The van der Waals surface area contributed by atoms with Crippen LogP contribution in [0.4, 0.5) is 0 Å². The van der Waals surface area contributed by atoms with Crippen molar-refractivity contribution in [1.82, 2.24) is 0 Å². The summed E-state index contributed by atoms with van der Waals surface area (Å²) in [6, 6.07) is 0. The molecule has 9 nitrogen and oxygen atoms in total. The first-order valence-electron chi connectivity index (χ1n) is 10.4. The van der Waals surface area contributed by atoms with E-state index in [0.717, 1.165) is 24.8 Å². The third kappa shape index (κ3) is 4.58. The summed E-state index contributed by atoms with van der Waals surface area (Å²) >= 11 is 0. The molecule has 0 spiro atoms. The van der Waals surface area contributed by atoms with Gasteiger partial charge in [0.15, 0.2) is 11.6 Å². The Kier molecular flexibility index (Phi) is 8.10. The predicted molar refractivity (Wildman–Crippen MR) is 110 cm³/mol. The summed E-state index contributed by atoms with van der Waals surface area (Å²) in [5, 5.41) is 31.7. The molecule has 4 aliphatic carbocycles. The maximum Gasteiger partial charge on any atom is 1.00 e. The van der Waals surface area contributed by atoms with Crippen LogP contribution in [-0.2, 0) is 20.0 Å². The molecule has 7 atom stereocenters. The zero-order chi connectivity index (χ0) is 23.4. The summed E-state index contributed by atoms with van der Waals surface area (Å²) in [6.07, 6.45) is 7.68. The van der Waals surface area contributed by atoms with Crippen molar-refractivity contribution in [2.45, 2.75) is 57.7 Å². The minimum atomic E-state index is -4.67. The van der Waals surface area contributed by atoms with Crippen LogP contribution < -0.4 is 29.6 Å². The number of rotatable bonds is 2. The van der Waals surface area contributed by atoms with Crippen molar-refractivity contribution >= 4 is 22.0 Å². The molecule has 4 rings (SSSR count). The summed E-state index contributed by atoms with van der Waals surface area (Å²) in [5.74, 6) is -0.227. The van der Waals surface area contributed by atoms with Crippen molar-refractivity contribution in [2.75, 3.05) is 6.61 Å². The van der Waals surface area contributed by atoms with Gasteiger partial charge in [-0.25, -0.2) is 0 Å². The summed E-state index contributed by atoms with van der Waals surface area (Å²) < 4.78 is 31.6. The maximum atomic E-state index is 12.4. The van der Waals surface area contributed by atoms with Crippen LogP contribution in [0.5, 0.6) is 0 Å². The molecule has 0 aromatic carbocycles. The van der Waals surface area contributed by atoms with Gasteiger partial charge < -0.3 is 16.7 Å². The van der Waals surface area contributed by atoms with Gasteiger partial charge in [-0.1, -0.05) is 25.5 Å². The summed E-state index contributed by atoms with van der Waals surface area (Å²) in [5.41, 5.74) is -1.54. The van der Waals surface area contributed by atoms with E-state index in [1.165, 1.54) is 0 Å². The Hall–Kier alpha value is -0.430. The van der Waals surface area contributed by atoms with Crippen LogP contribution in [0.15, 0.2) is 23.8 Å². The molecule has 0 heterocycles. The van der Waals surface area contributed by atoms with Crippen molar-refractivity contribution in [3.63, 3.8) is 0 Å². The number of hydrogen-bond donors (Lipinski definition) is 5. The number of ketones is 2. The van der Waals surface area contributed by atoms with Gasteiger partial charge in [0.05, 0.1) is 6.10 Å². The van der Waals surface area contributed by atoms with Gasteiger partial charge in [0.1, 0.15) is 12.2 Å².